The van der Waals surface area contributed by atoms with Gasteiger partial charge < -0.3 is 10.6 Å². The molecule has 2 aliphatic rings. The third-order valence-corrected chi connectivity index (χ3v) is 4.41. The smallest absolute Gasteiger partial charge is 0.242 e. The number of carbonyl (C=O) groups excluding carboxylic acids is 1. The molecule has 102 valence electrons. The van der Waals surface area contributed by atoms with E-state index in [9.17, 15) is 4.79 Å². The van der Waals surface area contributed by atoms with Crippen molar-refractivity contribution in [1.82, 2.24) is 5.32 Å². The minimum atomic E-state index is -0.0590. The summed E-state index contributed by atoms with van der Waals surface area (Å²) in [5.74, 6) is 0.876. The van der Waals surface area contributed by atoms with E-state index in [1.807, 2.05) is 6.07 Å². The van der Waals surface area contributed by atoms with E-state index in [1.54, 1.807) is 0 Å². The highest BCUT2D eigenvalue weighted by molar-refractivity contribution is 5.85. The van der Waals surface area contributed by atoms with E-state index in [0.717, 1.165) is 25.1 Å². The molecule has 1 aromatic rings. The second-order valence-electron chi connectivity index (χ2n) is 5.79. The summed E-state index contributed by atoms with van der Waals surface area (Å²) in [6, 6.07) is 8.21. The van der Waals surface area contributed by atoms with Gasteiger partial charge in [-0.1, -0.05) is 31.0 Å². The van der Waals surface area contributed by atoms with Gasteiger partial charge in [-0.25, -0.2) is 0 Å². The molecule has 1 aromatic carbocycles. The van der Waals surface area contributed by atoms with Crippen molar-refractivity contribution in [2.24, 2.45) is 5.92 Å². The molecule has 0 aromatic heterocycles. The molecule has 19 heavy (non-hydrogen) atoms. The SMILES string of the molecule is O=C(NCC1CCCC1)C1CCc2ccccc2N1. The average Bonchev–Trinajstić information content (AvgIpc) is 2.97. The van der Waals surface area contributed by atoms with Gasteiger partial charge in [-0.2, -0.15) is 0 Å². The van der Waals surface area contributed by atoms with Gasteiger partial charge in [0.05, 0.1) is 0 Å². The predicted octanol–water partition coefficient (Wildman–Crippen LogP) is 2.72. The normalized spacial score (nSPS) is 22.6. The summed E-state index contributed by atoms with van der Waals surface area (Å²) >= 11 is 0. The number of aryl methyl sites for hydroxylation is 1. The summed E-state index contributed by atoms with van der Waals surface area (Å²) in [6.45, 7) is 0.860. The zero-order valence-electron chi connectivity index (χ0n) is 11.3. The molecule has 0 spiro atoms. The minimum absolute atomic E-state index is 0.0590. The van der Waals surface area contributed by atoms with Crippen LogP contribution in [-0.4, -0.2) is 18.5 Å². The molecule has 3 nitrogen and oxygen atoms in total. The van der Waals surface area contributed by atoms with E-state index >= 15 is 0 Å². The Hall–Kier alpha value is -1.51. The molecule has 1 heterocycles. The molecule has 1 aliphatic carbocycles. The van der Waals surface area contributed by atoms with E-state index in [-0.39, 0.29) is 11.9 Å². The van der Waals surface area contributed by atoms with Crippen LogP contribution in [0.2, 0.25) is 0 Å². The Kier molecular flexibility index (Phi) is 3.72. The molecule has 1 fully saturated rings. The first-order chi connectivity index (χ1) is 9.33. The number of anilines is 1. The first-order valence-electron chi connectivity index (χ1n) is 7.45. The number of nitrogens with one attached hydrogen (secondary N) is 2. The molecule has 3 rings (SSSR count). The van der Waals surface area contributed by atoms with Crippen molar-refractivity contribution < 1.29 is 4.79 Å². The highest BCUT2D eigenvalue weighted by atomic mass is 16.2. The molecule has 1 saturated carbocycles. The topological polar surface area (TPSA) is 41.1 Å². The number of hydrogen-bond acceptors (Lipinski definition) is 2. The molecule has 0 bridgehead atoms. The first-order valence-corrected chi connectivity index (χ1v) is 7.45. The molecule has 1 aliphatic heterocycles. The number of amides is 1. The van der Waals surface area contributed by atoms with Crippen molar-refractivity contribution in [2.45, 2.75) is 44.6 Å². The molecule has 2 N–H and O–H groups in total. The Bertz CT molecular complexity index is 452. The number of carbonyl (C=O) groups is 1. The highest BCUT2D eigenvalue weighted by Gasteiger charge is 2.24. The van der Waals surface area contributed by atoms with Crippen molar-refractivity contribution in [3.8, 4) is 0 Å². The fraction of sp³-hybridized carbons (Fsp3) is 0.562. The summed E-state index contributed by atoms with van der Waals surface area (Å²) in [5, 5.41) is 6.48. The Morgan fingerprint density at radius 2 is 2.00 bits per heavy atom. The van der Waals surface area contributed by atoms with Crippen LogP contribution in [0.1, 0.15) is 37.7 Å². The third kappa shape index (κ3) is 2.91. The van der Waals surface area contributed by atoms with Crippen molar-refractivity contribution in [2.75, 3.05) is 11.9 Å². The Labute approximate surface area is 114 Å². The highest BCUT2D eigenvalue weighted by Crippen LogP contribution is 2.25. The van der Waals surface area contributed by atoms with Crippen LogP contribution in [0.4, 0.5) is 5.69 Å². The molecule has 0 radical (unpaired) electrons. The monoisotopic (exact) mass is 258 g/mol. The standard InChI is InChI=1S/C16H22N2O/c19-16(17-11-12-5-1-2-6-12)15-10-9-13-7-3-4-8-14(13)18-15/h3-4,7-8,12,15,18H,1-2,5-6,9-11H2,(H,17,19). The molecular formula is C16H22N2O. The third-order valence-electron chi connectivity index (χ3n) is 4.41. The number of rotatable bonds is 3. The summed E-state index contributed by atoms with van der Waals surface area (Å²) < 4.78 is 0. The van der Waals surface area contributed by atoms with Crippen molar-refractivity contribution in [3.63, 3.8) is 0 Å². The van der Waals surface area contributed by atoms with Crippen molar-refractivity contribution in [3.05, 3.63) is 29.8 Å². The summed E-state index contributed by atoms with van der Waals surface area (Å²) in [4.78, 5) is 12.2. The molecule has 1 amide bonds. The van der Waals surface area contributed by atoms with Crippen LogP contribution in [0.25, 0.3) is 0 Å². The first kappa shape index (κ1) is 12.5. The van der Waals surface area contributed by atoms with Crippen molar-refractivity contribution >= 4 is 11.6 Å². The molecule has 1 unspecified atom stereocenters. The molecule has 3 heteroatoms. The van der Waals surface area contributed by atoms with Gasteiger partial charge in [-0.3, -0.25) is 4.79 Å². The molecular weight excluding hydrogens is 236 g/mol. The van der Waals surface area contributed by atoms with Gasteiger partial charge >= 0.3 is 0 Å². The van der Waals surface area contributed by atoms with Crippen LogP contribution >= 0.6 is 0 Å². The Morgan fingerprint density at radius 1 is 1.21 bits per heavy atom. The second-order valence-corrected chi connectivity index (χ2v) is 5.79. The maximum Gasteiger partial charge on any atom is 0.242 e. The number of fused-ring (bicyclic) bond motifs is 1. The second kappa shape index (κ2) is 5.64. The van der Waals surface area contributed by atoms with Crippen molar-refractivity contribution in [1.29, 1.82) is 0 Å². The van der Waals surface area contributed by atoms with Gasteiger partial charge in [0.15, 0.2) is 0 Å². The maximum atomic E-state index is 12.2. The van der Waals surface area contributed by atoms with Crippen LogP contribution in [0.5, 0.6) is 0 Å². The van der Waals surface area contributed by atoms with Gasteiger partial charge in [-0.15, -0.1) is 0 Å². The largest absolute Gasteiger partial charge is 0.373 e. The fourth-order valence-electron chi connectivity index (χ4n) is 3.22. The molecule has 0 saturated heterocycles. The lowest BCUT2D eigenvalue weighted by atomic mass is 9.97. The number of hydrogen-bond donors (Lipinski definition) is 2. The van der Waals surface area contributed by atoms with E-state index in [0.29, 0.717) is 5.92 Å². The average molecular weight is 258 g/mol. The number of benzene rings is 1. The van der Waals surface area contributed by atoms with E-state index < -0.39 is 0 Å². The van der Waals surface area contributed by atoms with Crippen LogP contribution in [-0.2, 0) is 11.2 Å². The van der Waals surface area contributed by atoms with Gasteiger partial charge in [0, 0.05) is 12.2 Å². The lowest BCUT2D eigenvalue weighted by Crippen LogP contribution is -2.43. The minimum Gasteiger partial charge on any atom is -0.373 e. The van der Waals surface area contributed by atoms with E-state index in [1.165, 1.54) is 31.2 Å². The van der Waals surface area contributed by atoms with Crippen LogP contribution < -0.4 is 10.6 Å². The van der Waals surface area contributed by atoms with Crippen LogP contribution in [0.3, 0.4) is 0 Å². The summed E-state index contributed by atoms with van der Waals surface area (Å²) in [5.41, 5.74) is 2.44. The lowest BCUT2D eigenvalue weighted by molar-refractivity contribution is -0.122. The molecule has 1 atom stereocenters. The predicted molar refractivity (Wildman–Crippen MR) is 77.1 cm³/mol. The van der Waals surface area contributed by atoms with E-state index in [4.69, 9.17) is 0 Å². The van der Waals surface area contributed by atoms with Crippen LogP contribution in [0.15, 0.2) is 24.3 Å². The Morgan fingerprint density at radius 3 is 2.84 bits per heavy atom. The van der Waals surface area contributed by atoms with Crippen LogP contribution in [0, 0.1) is 5.92 Å². The maximum absolute atomic E-state index is 12.2. The van der Waals surface area contributed by atoms with Gasteiger partial charge in [0.1, 0.15) is 6.04 Å². The summed E-state index contributed by atoms with van der Waals surface area (Å²) in [7, 11) is 0. The van der Waals surface area contributed by atoms with E-state index in [2.05, 4.69) is 28.8 Å². The fourth-order valence-corrected chi connectivity index (χ4v) is 3.22. The quantitative estimate of drug-likeness (QED) is 0.875. The number of para-hydroxylation sites is 1. The van der Waals surface area contributed by atoms with Gasteiger partial charge in [0.2, 0.25) is 5.91 Å². The Balaban J connectivity index is 1.54. The zero-order valence-corrected chi connectivity index (χ0v) is 11.3. The zero-order chi connectivity index (χ0) is 13.1. The van der Waals surface area contributed by atoms with Gasteiger partial charge in [0.25, 0.3) is 0 Å². The van der Waals surface area contributed by atoms with Gasteiger partial charge in [-0.05, 0) is 43.2 Å². The lowest BCUT2D eigenvalue weighted by Gasteiger charge is -2.26. The summed E-state index contributed by atoms with van der Waals surface area (Å²) in [6.07, 6.45) is 7.10.